The Kier molecular flexibility index (Phi) is 3.79. The van der Waals surface area contributed by atoms with E-state index in [1.165, 1.54) is 22.3 Å². The molecule has 2 aromatic carbocycles. The molecule has 1 atom stereocenters. The van der Waals surface area contributed by atoms with Gasteiger partial charge in [0.15, 0.2) is 0 Å². The maximum absolute atomic E-state index is 12.5. The van der Waals surface area contributed by atoms with E-state index in [0.717, 1.165) is 31.6 Å². The van der Waals surface area contributed by atoms with Gasteiger partial charge in [-0.05, 0) is 60.6 Å². The standard InChI is InChI=1S/C21H23NO2/c1-14-18-4-3-5-19(15-8-10-17(24-2)11-9-15)20(18)12-13-22(14)21(23)16-6-7-16/h3-5,8-11,14,16H,6-7,12-13H2,1-2H3/t14-/m1/s1. The van der Waals surface area contributed by atoms with Crippen molar-refractivity contribution in [3.8, 4) is 16.9 Å². The van der Waals surface area contributed by atoms with Crippen LogP contribution < -0.4 is 4.74 Å². The van der Waals surface area contributed by atoms with Gasteiger partial charge in [-0.15, -0.1) is 0 Å². The minimum atomic E-state index is 0.167. The first-order valence-electron chi connectivity index (χ1n) is 8.75. The summed E-state index contributed by atoms with van der Waals surface area (Å²) >= 11 is 0. The topological polar surface area (TPSA) is 29.5 Å². The fourth-order valence-electron chi connectivity index (χ4n) is 3.78. The molecule has 1 aliphatic carbocycles. The van der Waals surface area contributed by atoms with Gasteiger partial charge in [0, 0.05) is 12.5 Å². The maximum Gasteiger partial charge on any atom is 0.226 e. The third kappa shape index (κ3) is 2.58. The van der Waals surface area contributed by atoms with Gasteiger partial charge in [-0.25, -0.2) is 0 Å². The van der Waals surface area contributed by atoms with Crippen LogP contribution >= 0.6 is 0 Å². The van der Waals surface area contributed by atoms with Gasteiger partial charge in [0.05, 0.1) is 13.2 Å². The molecule has 0 aromatic heterocycles. The van der Waals surface area contributed by atoms with Gasteiger partial charge < -0.3 is 9.64 Å². The number of nitrogens with zero attached hydrogens (tertiary/aromatic N) is 1. The van der Waals surface area contributed by atoms with Crippen LogP contribution in [0.5, 0.6) is 5.75 Å². The molecule has 1 heterocycles. The quantitative estimate of drug-likeness (QED) is 0.847. The number of benzene rings is 2. The van der Waals surface area contributed by atoms with Crippen LogP contribution in [-0.2, 0) is 11.2 Å². The van der Waals surface area contributed by atoms with Crippen molar-refractivity contribution in [1.82, 2.24) is 4.90 Å². The molecule has 2 aliphatic rings. The number of hydrogen-bond acceptors (Lipinski definition) is 2. The number of carbonyl (C=O) groups excluding carboxylic acids is 1. The highest BCUT2D eigenvalue weighted by molar-refractivity contribution is 5.82. The second-order valence-corrected chi connectivity index (χ2v) is 6.83. The molecule has 0 saturated heterocycles. The number of amides is 1. The van der Waals surface area contributed by atoms with E-state index in [4.69, 9.17) is 4.74 Å². The Morgan fingerprint density at radius 3 is 2.54 bits per heavy atom. The molecule has 0 radical (unpaired) electrons. The lowest BCUT2D eigenvalue weighted by Crippen LogP contribution is -2.39. The monoisotopic (exact) mass is 321 g/mol. The zero-order valence-electron chi connectivity index (χ0n) is 14.3. The largest absolute Gasteiger partial charge is 0.497 e. The van der Waals surface area contributed by atoms with Crippen LogP contribution in [0.4, 0.5) is 0 Å². The van der Waals surface area contributed by atoms with Crippen molar-refractivity contribution in [2.24, 2.45) is 5.92 Å². The SMILES string of the molecule is COc1ccc(-c2cccc3c2CCN(C(=O)C2CC2)[C@@H]3C)cc1. The lowest BCUT2D eigenvalue weighted by molar-refractivity contribution is -0.135. The van der Waals surface area contributed by atoms with Gasteiger partial charge in [-0.1, -0.05) is 30.3 Å². The van der Waals surface area contributed by atoms with Crippen LogP contribution in [0.2, 0.25) is 0 Å². The molecule has 3 nitrogen and oxygen atoms in total. The van der Waals surface area contributed by atoms with Gasteiger partial charge in [-0.2, -0.15) is 0 Å². The van der Waals surface area contributed by atoms with E-state index < -0.39 is 0 Å². The molecule has 1 saturated carbocycles. The molecule has 1 fully saturated rings. The van der Waals surface area contributed by atoms with Crippen molar-refractivity contribution in [2.45, 2.75) is 32.2 Å². The van der Waals surface area contributed by atoms with Gasteiger partial charge in [0.25, 0.3) is 0 Å². The third-order valence-electron chi connectivity index (χ3n) is 5.34. The number of fused-ring (bicyclic) bond motifs is 1. The molecule has 1 amide bonds. The maximum atomic E-state index is 12.5. The van der Waals surface area contributed by atoms with Crippen molar-refractivity contribution < 1.29 is 9.53 Å². The molecule has 1 aliphatic heterocycles. The molecule has 4 rings (SSSR count). The van der Waals surface area contributed by atoms with Crippen LogP contribution in [-0.4, -0.2) is 24.5 Å². The van der Waals surface area contributed by atoms with Crippen LogP contribution in [0, 0.1) is 5.92 Å². The zero-order chi connectivity index (χ0) is 16.7. The molecular weight excluding hydrogens is 298 g/mol. The Bertz CT molecular complexity index is 762. The Hall–Kier alpha value is -2.29. The highest BCUT2D eigenvalue weighted by Crippen LogP contribution is 2.39. The van der Waals surface area contributed by atoms with E-state index >= 15 is 0 Å². The van der Waals surface area contributed by atoms with Crippen LogP contribution in [0.25, 0.3) is 11.1 Å². The molecular formula is C21H23NO2. The number of ether oxygens (including phenoxy) is 1. The second-order valence-electron chi connectivity index (χ2n) is 6.83. The molecule has 0 bridgehead atoms. The van der Waals surface area contributed by atoms with Crippen LogP contribution in [0.1, 0.15) is 36.9 Å². The summed E-state index contributed by atoms with van der Waals surface area (Å²) in [6.45, 7) is 2.99. The summed E-state index contributed by atoms with van der Waals surface area (Å²) in [7, 11) is 1.69. The van der Waals surface area contributed by atoms with Crippen LogP contribution in [0.15, 0.2) is 42.5 Å². The van der Waals surface area contributed by atoms with E-state index in [2.05, 4.69) is 42.2 Å². The number of carbonyl (C=O) groups is 1. The Labute approximate surface area is 143 Å². The highest BCUT2D eigenvalue weighted by Gasteiger charge is 2.37. The molecule has 124 valence electrons. The molecule has 2 aromatic rings. The second kappa shape index (κ2) is 5.97. The van der Waals surface area contributed by atoms with Gasteiger partial charge >= 0.3 is 0 Å². The molecule has 0 spiro atoms. The lowest BCUT2D eigenvalue weighted by atomic mass is 9.87. The summed E-state index contributed by atoms with van der Waals surface area (Å²) in [5, 5.41) is 0. The predicted molar refractivity (Wildman–Crippen MR) is 95.0 cm³/mol. The number of hydrogen-bond donors (Lipinski definition) is 0. The van der Waals surface area contributed by atoms with Crippen molar-refractivity contribution in [3.63, 3.8) is 0 Å². The van der Waals surface area contributed by atoms with E-state index in [1.54, 1.807) is 7.11 Å². The lowest BCUT2D eigenvalue weighted by Gasteiger charge is -2.36. The van der Waals surface area contributed by atoms with Gasteiger partial charge in [0.1, 0.15) is 5.75 Å². The molecule has 0 N–H and O–H groups in total. The summed E-state index contributed by atoms with van der Waals surface area (Å²) in [4.78, 5) is 14.6. The zero-order valence-corrected chi connectivity index (χ0v) is 14.3. The minimum absolute atomic E-state index is 0.167. The Morgan fingerprint density at radius 2 is 1.88 bits per heavy atom. The summed E-state index contributed by atoms with van der Waals surface area (Å²) < 4.78 is 5.26. The third-order valence-corrected chi connectivity index (χ3v) is 5.34. The van der Waals surface area contributed by atoms with E-state index in [-0.39, 0.29) is 6.04 Å². The highest BCUT2D eigenvalue weighted by atomic mass is 16.5. The normalized spacial score (nSPS) is 19.8. The van der Waals surface area contributed by atoms with E-state index in [9.17, 15) is 4.79 Å². The van der Waals surface area contributed by atoms with Gasteiger partial charge in [-0.3, -0.25) is 4.79 Å². The molecule has 24 heavy (non-hydrogen) atoms. The van der Waals surface area contributed by atoms with E-state index in [0.29, 0.717) is 11.8 Å². The number of rotatable bonds is 3. The first kappa shape index (κ1) is 15.3. The average Bonchev–Trinajstić information content (AvgIpc) is 3.46. The molecule has 3 heteroatoms. The first-order chi connectivity index (χ1) is 11.7. The summed E-state index contributed by atoms with van der Waals surface area (Å²) in [6.07, 6.45) is 3.07. The summed E-state index contributed by atoms with van der Waals surface area (Å²) in [5.74, 6) is 1.51. The van der Waals surface area contributed by atoms with Crippen molar-refractivity contribution in [1.29, 1.82) is 0 Å². The Morgan fingerprint density at radius 1 is 1.12 bits per heavy atom. The van der Waals surface area contributed by atoms with Crippen molar-refractivity contribution in [2.75, 3.05) is 13.7 Å². The fourth-order valence-corrected chi connectivity index (χ4v) is 3.78. The van der Waals surface area contributed by atoms with Crippen LogP contribution in [0.3, 0.4) is 0 Å². The summed E-state index contributed by atoms with van der Waals surface area (Å²) in [6, 6.07) is 14.9. The van der Waals surface area contributed by atoms with Gasteiger partial charge in [0.2, 0.25) is 5.91 Å². The Balaban J connectivity index is 1.68. The minimum Gasteiger partial charge on any atom is -0.497 e. The number of methoxy groups -OCH3 is 1. The van der Waals surface area contributed by atoms with Crippen molar-refractivity contribution in [3.05, 3.63) is 53.6 Å². The smallest absolute Gasteiger partial charge is 0.226 e. The van der Waals surface area contributed by atoms with Crippen molar-refractivity contribution >= 4 is 5.91 Å². The molecule has 0 unspecified atom stereocenters. The van der Waals surface area contributed by atoms with E-state index in [1.807, 2.05) is 12.1 Å². The fraction of sp³-hybridized carbons (Fsp3) is 0.381. The first-order valence-corrected chi connectivity index (χ1v) is 8.75. The summed E-state index contributed by atoms with van der Waals surface area (Å²) in [5.41, 5.74) is 5.17. The average molecular weight is 321 g/mol. The predicted octanol–water partition coefficient (Wildman–Crippen LogP) is 4.22.